The van der Waals surface area contributed by atoms with Crippen LogP contribution in [0.5, 0.6) is 0 Å². The van der Waals surface area contributed by atoms with Gasteiger partial charge in [0.1, 0.15) is 5.82 Å². The number of sulfonamides is 1. The van der Waals surface area contributed by atoms with Gasteiger partial charge in [-0.1, -0.05) is 48.0 Å². The Labute approximate surface area is 153 Å². The van der Waals surface area contributed by atoms with Crippen molar-refractivity contribution in [3.05, 3.63) is 76.9 Å². The Hall–Kier alpha value is -2.51. The van der Waals surface area contributed by atoms with Crippen molar-refractivity contribution in [2.24, 2.45) is 0 Å². The van der Waals surface area contributed by atoms with Crippen molar-refractivity contribution in [1.82, 2.24) is 19.9 Å². The Morgan fingerprint density at radius 1 is 1.04 bits per heavy atom. The zero-order valence-electron chi connectivity index (χ0n) is 14.9. The van der Waals surface area contributed by atoms with Crippen molar-refractivity contribution in [2.45, 2.75) is 31.6 Å². The standard InChI is InChI=1S/C19H22N4O2S/c1-14-7-9-16(10-8-14)13-19-21-18(22-23-19)11-12-20-26(24,25)17-6-4-3-5-15(17)2/h3-10,20H,11-13H2,1-2H3,(H,21,22,23). The van der Waals surface area contributed by atoms with Gasteiger partial charge in [-0.3, -0.25) is 5.10 Å². The molecule has 0 fully saturated rings. The Balaban J connectivity index is 1.56. The van der Waals surface area contributed by atoms with Gasteiger partial charge in [0, 0.05) is 19.4 Å². The summed E-state index contributed by atoms with van der Waals surface area (Å²) in [4.78, 5) is 4.74. The summed E-state index contributed by atoms with van der Waals surface area (Å²) in [6.07, 6.45) is 1.09. The van der Waals surface area contributed by atoms with Crippen molar-refractivity contribution in [1.29, 1.82) is 0 Å². The maximum Gasteiger partial charge on any atom is 0.240 e. The third-order valence-corrected chi connectivity index (χ3v) is 5.72. The lowest BCUT2D eigenvalue weighted by atomic mass is 10.1. The molecule has 2 aromatic carbocycles. The molecular weight excluding hydrogens is 348 g/mol. The summed E-state index contributed by atoms with van der Waals surface area (Å²) in [5.74, 6) is 1.37. The molecule has 0 amide bonds. The van der Waals surface area contributed by atoms with Crippen molar-refractivity contribution >= 4 is 10.0 Å². The van der Waals surface area contributed by atoms with Crippen LogP contribution in [0.4, 0.5) is 0 Å². The first kappa shape index (κ1) is 18.3. The molecule has 6 nitrogen and oxygen atoms in total. The first-order chi connectivity index (χ1) is 12.4. The minimum atomic E-state index is -3.52. The first-order valence-corrected chi connectivity index (χ1v) is 9.93. The molecule has 3 rings (SSSR count). The summed E-state index contributed by atoms with van der Waals surface area (Å²) in [6.45, 7) is 4.08. The van der Waals surface area contributed by atoms with E-state index in [-0.39, 0.29) is 6.54 Å². The third kappa shape index (κ3) is 4.56. The van der Waals surface area contributed by atoms with E-state index in [1.807, 2.05) is 13.0 Å². The van der Waals surface area contributed by atoms with Crippen LogP contribution < -0.4 is 4.72 Å². The molecule has 0 saturated carbocycles. The van der Waals surface area contributed by atoms with E-state index >= 15 is 0 Å². The van der Waals surface area contributed by atoms with E-state index in [9.17, 15) is 8.42 Å². The average molecular weight is 370 g/mol. The number of aromatic amines is 1. The lowest BCUT2D eigenvalue weighted by Crippen LogP contribution is -2.26. The molecule has 0 unspecified atom stereocenters. The van der Waals surface area contributed by atoms with Gasteiger partial charge in [0.2, 0.25) is 10.0 Å². The number of aryl methyl sites for hydroxylation is 2. The van der Waals surface area contributed by atoms with Gasteiger partial charge in [-0.25, -0.2) is 18.1 Å². The highest BCUT2D eigenvalue weighted by Crippen LogP contribution is 2.13. The molecular formula is C19H22N4O2S. The second-order valence-corrected chi connectivity index (χ2v) is 8.01. The molecule has 136 valence electrons. The van der Waals surface area contributed by atoms with Gasteiger partial charge in [-0.05, 0) is 31.0 Å². The van der Waals surface area contributed by atoms with Crippen LogP contribution in [-0.2, 0) is 22.9 Å². The number of hydrogen-bond acceptors (Lipinski definition) is 4. The van der Waals surface area contributed by atoms with Crippen LogP contribution in [0.2, 0.25) is 0 Å². The van der Waals surface area contributed by atoms with Crippen LogP contribution in [0.15, 0.2) is 53.4 Å². The van der Waals surface area contributed by atoms with E-state index < -0.39 is 10.0 Å². The van der Waals surface area contributed by atoms with Crippen molar-refractivity contribution in [3.63, 3.8) is 0 Å². The van der Waals surface area contributed by atoms with Crippen molar-refractivity contribution in [3.8, 4) is 0 Å². The van der Waals surface area contributed by atoms with Crippen molar-refractivity contribution < 1.29 is 8.42 Å². The molecule has 0 aliphatic rings. The summed E-state index contributed by atoms with van der Waals surface area (Å²) >= 11 is 0. The molecule has 0 spiro atoms. The molecule has 3 aromatic rings. The fourth-order valence-corrected chi connectivity index (χ4v) is 3.93. The molecule has 2 N–H and O–H groups in total. The number of H-pyrrole nitrogens is 1. The molecule has 7 heteroatoms. The Morgan fingerprint density at radius 3 is 2.50 bits per heavy atom. The quantitative estimate of drug-likeness (QED) is 0.669. The molecule has 0 aliphatic heterocycles. The summed E-state index contributed by atoms with van der Waals surface area (Å²) in [5.41, 5.74) is 3.09. The average Bonchev–Trinajstić information content (AvgIpc) is 3.04. The maximum atomic E-state index is 12.4. The third-order valence-electron chi connectivity index (χ3n) is 4.09. The number of aromatic nitrogens is 3. The molecule has 0 saturated heterocycles. The Kier molecular flexibility index (Phi) is 5.49. The number of benzene rings is 2. The van der Waals surface area contributed by atoms with Crippen molar-refractivity contribution in [2.75, 3.05) is 6.54 Å². The monoisotopic (exact) mass is 370 g/mol. The molecule has 1 aromatic heterocycles. The van der Waals surface area contributed by atoms with E-state index in [1.54, 1.807) is 25.1 Å². The highest BCUT2D eigenvalue weighted by atomic mass is 32.2. The topological polar surface area (TPSA) is 87.7 Å². The Morgan fingerprint density at radius 2 is 1.77 bits per heavy atom. The van der Waals surface area contributed by atoms with Gasteiger partial charge in [0.25, 0.3) is 0 Å². The van der Waals surface area contributed by atoms with Crippen LogP contribution in [0.25, 0.3) is 0 Å². The smallest absolute Gasteiger partial charge is 0.240 e. The second kappa shape index (κ2) is 7.80. The highest BCUT2D eigenvalue weighted by molar-refractivity contribution is 7.89. The zero-order valence-corrected chi connectivity index (χ0v) is 15.7. The molecule has 0 atom stereocenters. The van der Waals surface area contributed by atoms with E-state index in [2.05, 4.69) is 44.2 Å². The SMILES string of the molecule is Cc1ccc(Cc2nc(CCNS(=O)(=O)c3ccccc3C)n[nH]2)cc1. The normalized spacial score (nSPS) is 11.6. The van der Waals surface area contributed by atoms with Gasteiger partial charge >= 0.3 is 0 Å². The molecule has 0 radical (unpaired) electrons. The lowest BCUT2D eigenvalue weighted by Gasteiger charge is -2.08. The molecule has 1 heterocycles. The van der Waals surface area contributed by atoms with Crippen LogP contribution >= 0.6 is 0 Å². The van der Waals surface area contributed by atoms with Crippen LogP contribution in [0, 0.1) is 13.8 Å². The van der Waals surface area contributed by atoms with E-state index in [4.69, 9.17) is 0 Å². The number of nitrogens with zero attached hydrogens (tertiary/aromatic N) is 2. The van der Waals surface area contributed by atoms with Crippen LogP contribution in [0.1, 0.15) is 28.3 Å². The van der Waals surface area contributed by atoms with E-state index in [0.29, 0.717) is 23.6 Å². The fraction of sp³-hybridized carbons (Fsp3) is 0.263. The van der Waals surface area contributed by atoms with Crippen LogP contribution in [0.3, 0.4) is 0 Å². The lowest BCUT2D eigenvalue weighted by molar-refractivity contribution is 0.580. The van der Waals surface area contributed by atoms with Gasteiger partial charge < -0.3 is 0 Å². The van der Waals surface area contributed by atoms with E-state index in [0.717, 1.165) is 17.0 Å². The fourth-order valence-electron chi connectivity index (χ4n) is 2.66. The number of hydrogen-bond donors (Lipinski definition) is 2. The molecule has 26 heavy (non-hydrogen) atoms. The minimum Gasteiger partial charge on any atom is -0.263 e. The van der Waals surface area contributed by atoms with Crippen LogP contribution in [-0.4, -0.2) is 30.1 Å². The minimum absolute atomic E-state index is 0.249. The summed E-state index contributed by atoms with van der Waals surface area (Å²) in [7, 11) is -3.52. The first-order valence-electron chi connectivity index (χ1n) is 8.45. The zero-order chi connectivity index (χ0) is 18.6. The maximum absolute atomic E-state index is 12.4. The molecule has 0 bridgehead atoms. The Bertz CT molecular complexity index is 979. The van der Waals surface area contributed by atoms with E-state index in [1.165, 1.54) is 5.56 Å². The largest absolute Gasteiger partial charge is 0.263 e. The molecule has 0 aliphatic carbocycles. The second-order valence-electron chi connectivity index (χ2n) is 6.27. The summed E-state index contributed by atoms with van der Waals surface area (Å²) < 4.78 is 27.3. The van der Waals surface area contributed by atoms with Gasteiger partial charge in [-0.15, -0.1) is 0 Å². The predicted molar refractivity (Wildman–Crippen MR) is 100 cm³/mol. The summed E-state index contributed by atoms with van der Waals surface area (Å²) in [5, 5.41) is 7.09. The number of rotatable bonds is 7. The number of nitrogens with one attached hydrogen (secondary N) is 2. The van der Waals surface area contributed by atoms with Gasteiger partial charge in [-0.2, -0.15) is 5.10 Å². The summed E-state index contributed by atoms with van der Waals surface area (Å²) in [6, 6.07) is 15.2. The van der Waals surface area contributed by atoms with Gasteiger partial charge in [0.05, 0.1) is 4.90 Å². The highest BCUT2D eigenvalue weighted by Gasteiger charge is 2.16. The predicted octanol–water partition coefficient (Wildman–Crippen LogP) is 2.53. The van der Waals surface area contributed by atoms with Gasteiger partial charge in [0.15, 0.2) is 5.82 Å².